The molecule has 31 heavy (non-hydrogen) atoms. The molecule has 0 radical (unpaired) electrons. The van der Waals surface area contributed by atoms with Crippen LogP contribution in [0.3, 0.4) is 0 Å². The third-order valence-electron chi connectivity index (χ3n) is 6.52. The average Bonchev–Trinajstić information content (AvgIpc) is 3.18. The van der Waals surface area contributed by atoms with Crippen LogP contribution in [-0.4, -0.2) is 7.05 Å². The van der Waals surface area contributed by atoms with E-state index in [0.717, 1.165) is 23.5 Å². The molecule has 160 valence electrons. The molecule has 0 N–H and O–H groups in total. The summed E-state index contributed by atoms with van der Waals surface area (Å²) in [4.78, 5) is 1.98. The Kier molecular flexibility index (Phi) is 5.17. The summed E-state index contributed by atoms with van der Waals surface area (Å²) in [5.74, 6) is 0.626. The molecule has 0 saturated heterocycles. The van der Waals surface area contributed by atoms with E-state index in [1.54, 1.807) is 12.1 Å². The van der Waals surface area contributed by atoms with Crippen molar-refractivity contribution in [2.24, 2.45) is 0 Å². The van der Waals surface area contributed by atoms with E-state index < -0.39 is 11.7 Å². The second kappa shape index (κ2) is 7.86. The smallest absolute Gasteiger partial charge is 0.343 e. The van der Waals surface area contributed by atoms with Gasteiger partial charge in [0.05, 0.1) is 16.0 Å². The lowest BCUT2D eigenvalue weighted by atomic mass is 9.84. The van der Waals surface area contributed by atoms with Gasteiger partial charge in [0, 0.05) is 28.2 Å². The highest BCUT2D eigenvalue weighted by atomic mass is 32.1. The lowest BCUT2D eigenvalue weighted by molar-refractivity contribution is -0.137. The van der Waals surface area contributed by atoms with Crippen molar-refractivity contribution in [1.82, 2.24) is 0 Å². The number of rotatable bonds is 3. The number of hydrogen-bond acceptors (Lipinski definition) is 2. The average molecular weight is 440 g/mol. The summed E-state index contributed by atoms with van der Waals surface area (Å²) in [6.07, 6.45) is 2.12. The zero-order chi connectivity index (χ0) is 21.6. The van der Waals surface area contributed by atoms with E-state index >= 15 is 0 Å². The van der Waals surface area contributed by atoms with Crippen LogP contribution in [0.4, 0.5) is 24.5 Å². The molecule has 4 aromatic rings. The number of anilines is 2. The number of nitrogens with zero attached hydrogens (tertiary/aromatic N) is 1. The van der Waals surface area contributed by atoms with E-state index in [4.69, 9.17) is 0 Å². The molecule has 0 spiro atoms. The Morgan fingerprint density at radius 1 is 0.806 bits per heavy atom. The van der Waals surface area contributed by atoms with Crippen LogP contribution >= 0.6 is 11.3 Å². The van der Waals surface area contributed by atoms with Crippen molar-refractivity contribution in [3.8, 4) is 0 Å². The highest BCUT2D eigenvalue weighted by molar-refractivity contribution is 7.26. The number of benzene rings is 3. The zero-order valence-corrected chi connectivity index (χ0v) is 18.2. The Hall–Kier alpha value is -2.53. The predicted molar refractivity (Wildman–Crippen MR) is 125 cm³/mol. The minimum Gasteiger partial charge on any atom is -0.343 e. The van der Waals surface area contributed by atoms with Crippen LogP contribution in [0.15, 0.2) is 60.7 Å². The van der Waals surface area contributed by atoms with Crippen molar-refractivity contribution in [2.45, 2.75) is 44.2 Å². The van der Waals surface area contributed by atoms with Crippen molar-refractivity contribution in [3.05, 3.63) is 71.8 Å². The van der Waals surface area contributed by atoms with E-state index in [9.17, 15) is 13.2 Å². The van der Waals surface area contributed by atoms with E-state index in [0.29, 0.717) is 5.92 Å². The summed E-state index contributed by atoms with van der Waals surface area (Å²) in [5.41, 5.74) is 2.60. The topological polar surface area (TPSA) is 3.24 Å². The Labute approximate surface area is 184 Å². The van der Waals surface area contributed by atoms with Crippen LogP contribution in [-0.2, 0) is 6.18 Å². The number of halogens is 3. The first-order chi connectivity index (χ1) is 14.9. The number of alkyl halides is 3. The van der Waals surface area contributed by atoms with Crippen LogP contribution in [0.25, 0.3) is 20.2 Å². The largest absolute Gasteiger partial charge is 0.416 e. The maximum absolute atomic E-state index is 12.9. The highest BCUT2D eigenvalue weighted by Crippen LogP contribution is 2.45. The Morgan fingerprint density at radius 2 is 1.45 bits per heavy atom. The van der Waals surface area contributed by atoms with Crippen LogP contribution in [0.2, 0.25) is 0 Å². The third-order valence-corrected chi connectivity index (χ3v) is 7.82. The summed E-state index contributed by atoms with van der Waals surface area (Å²) >= 11 is 1.82. The number of fused-ring (bicyclic) bond motifs is 3. The van der Waals surface area contributed by atoms with E-state index in [1.165, 1.54) is 57.8 Å². The van der Waals surface area contributed by atoms with E-state index in [1.807, 2.05) is 29.4 Å². The van der Waals surface area contributed by atoms with Gasteiger partial charge in [0.2, 0.25) is 0 Å². The second-order valence-electron chi connectivity index (χ2n) is 8.42. The molecule has 1 aromatic heterocycles. The Morgan fingerprint density at radius 3 is 2.13 bits per heavy atom. The molecule has 0 unspecified atom stereocenters. The van der Waals surface area contributed by atoms with E-state index in [2.05, 4.69) is 30.3 Å². The molecular formula is C26H24F3NS. The van der Waals surface area contributed by atoms with Gasteiger partial charge in [-0.15, -0.1) is 11.3 Å². The van der Waals surface area contributed by atoms with Crippen LogP contribution < -0.4 is 4.90 Å². The molecule has 1 fully saturated rings. The minimum absolute atomic E-state index is 0.623. The van der Waals surface area contributed by atoms with E-state index in [-0.39, 0.29) is 0 Å². The molecule has 1 aliphatic rings. The summed E-state index contributed by atoms with van der Waals surface area (Å²) in [5, 5.41) is 2.50. The van der Waals surface area contributed by atoms with Gasteiger partial charge in [-0.05, 0) is 54.7 Å². The van der Waals surface area contributed by atoms with Crippen LogP contribution in [0.5, 0.6) is 0 Å². The quantitative estimate of drug-likeness (QED) is 0.308. The fraction of sp³-hybridized carbons (Fsp3) is 0.308. The molecule has 0 aliphatic heterocycles. The van der Waals surface area contributed by atoms with Gasteiger partial charge in [-0.1, -0.05) is 49.6 Å². The Balaban J connectivity index is 1.59. The maximum atomic E-state index is 12.9. The van der Waals surface area contributed by atoms with Gasteiger partial charge in [0.1, 0.15) is 0 Å². The van der Waals surface area contributed by atoms with Crippen molar-refractivity contribution in [2.75, 3.05) is 11.9 Å². The van der Waals surface area contributed by atoms with Gasteiger partial charge >= 0.3 is 6.18 Å². The lowest BCUT2D eigenvalue weighted by Crippen LogP contribution is -2.10. The molecule has 0 amide bonds. The molecule has 3 aromatic carbocycles. The monoisotopic (exact) mass is 439 g/mol. The molecule has 1 saturated carbocycles. The van der Waals surface area contributed by atoms with Crippen molar-refractivity contribution >= 4 is 42.9 Å². The Bertz CT molecular complexity index is 1220. The third kappa shape index (κ3) is 3.69. The fourth-order valence-corrected chi connectivity index (χ4v) is 6.28. The van der Waals surface area contributed by atoms with Crippen molar-refractivity contribution < 1.29 is 13.2 Å². The van der Waals surface area contributed by atoms with Crippen molar-refractivity contribution in [3.63, 3.8) is 0 Å². The summed E-state index contributed by atoms with van der Waals surface area (Å²) in [6, 6.07) is 18.3. The van der Waals surface area contributed by atoms with Gasteiger partial charge in [0.25, 0.3) is 0 Å². The van der Waals surface area contributed by atoms with Crippen LogP contribution in [0, 0.1) is 0 Å². The molecule has 0 bridgehead atoms. The summed E-state index contributed by atoms with van der Waals surface area (Å²) in [7, 11) is 1.92. The molecule has 1 aliphatic carbocycles. The first-order valence-electron chi connectivity index (χ1n) is 10.8. The number of thiophene rings is 1. The van der Waals surface area contributed by atoms with Gasteiger partial charge < -0.3 is 4.90 Å². The van der Waals surface area contributed by atoms with Crippen molar-refractivity contribution in [1.29, 1.82) is 0 Å². The normalized spacial score (nSPS) is 15.6. The molecule has 1 nitrogen and oxygen atoms in total. The lowest BCUT2D eigenvalue weighted by Gasteiger charge is -2.22. The fourth-order valence-electron chi connectivity index (χ4n) is 4.84. The minimum atomic E-state index is -4.32. The highest BCUT2D eigenvalue weighted by Gasteiger charge is 2.30. The van der Waals surface area contributed by atoms with Crippen LogP contribution in [0.1, 0.15) is 49.1 Å². The molecule has 0 atom stereocenters. The van der Waals surface area contributed by atoms with Gasteiger partial charge in [-0.2, -0.15) is 13.2 Å². The summed E-state index contributed by atoms with van der Waals surface area (Å²) < 4.78 is 41.4. The van der Waals surface area contributed by atoms with Gasteiger partial charge in [-0.25, -0.2) is 0 Å². The number of hydrogen-bond donors (Lipinski definition) is 0. The zero-order valence-electron chi connectivity index (χ0n) is 17.4. The standard InChI is InChI=1S/C26H24F3NS/c1-30(19-15-13-18(14-16-19)26(27,28)29)23-12-6-11-22-21-10-5-9-20(24(21)31-25(22)23)17-7-3-2-4-8-17/h5-6,9-17H,2-4,7-8H2,1H3. The van der Waals surface area contributed by atoms with Gasteiger partial charge in [0.15, 0.2) is 0 Å². The SMILES string of the molecule is CN(c1ccc(C(F)(F)F)cc1)c1cccc2c1sc1c(C3CCCCC3)cccc12. The molecule has 5 rings (SSSR count). The molecule has 1 heterocycles. The molecule has 5 heteroatoms. The first kappa shape index (κ1) is 20.4. The second-order valence-corrected chi connectivity index (χ2v) is 9.44. The van der Waals surface area contributed by atoms with Gasteiger partial charge in [-0.3, -0.25) is 0 Å². The first-order valence-corrected chi connectivity index (χ1v) is 11.6. The molecular weight excluding hydrogens is 415 g/mol. The summed E-state index contributed by atoms with van der Waals surface area (Å²) in [6.45, 7) is 0. The maximum Gasteiger partial charge on any atom is 0.416 e. The predicted octanol–water partition coefficient (Wildman–Crippen LogP) is 8.89.